The molecule has 1 atom stereocenters. The van der Waals surface area contributed by atoms with E-state index in [1.54, 1.807) is 44.7 Å². The Hall–Kier alpha value is -2.76. The molecule has 6 nitrogen and oxygen atoms in total. The first-order valence-corrected chi connectivity index (χ1v) is 7.82. The van der Waals surface area contributed by atoms with Crippen molar-refractivity contribution in [1.82, 2.24) is 4.98 Å². The van der Waals surface area contributed by atoms with Gasteiger partial charge in [-0.25, -0.2) is 4.98 Å². The smallest absolute Gasteiger partial charge is 0.257 e. The lowest BCUT2D eigenvalue weighted by atomic mass is 10.2. The zero-order valence-corrected chi connectivity index (χ0v) is 14.4. The molecule has 0 aliphatic heterocycles. The summed E-state index contributed by atoms with van der Waals surface area (Å²) >= 11 is 0. The van der Waals surface area contributed by atoms with Crippen LogP contribution in [-0.4, -0.2) is 31.2 Å². The van der Waals surface area contributed by atoms with Gasteiger partial charge in [0.15, 0.2) is 0 Å². The summed E-state index contributed by atoms with van der Waals surface area (Å²) in [5.41, 5.74) is 1.36. The van der Waals surface area contributed by atoms with Crippen molar-refractivity contribution in [1.29, 1.82) is 0 Å². The van der Waals surface area contributed by atoms with Crippen LogP contribution in [0.15, 0.2) is 36.5 Å². The number of hydrogen-bond acceptors (Lipinski definition) is 5. The Kier molecular flexibility index (Phi) is 6.01. The first-order chi connectivity index (χ1) is 11.5. The summed E-state index contributed by atoms with van der Waals surface area (Å²) in [5.74, 6) is 1.32. The summed E-state index contributed by atoms with van der Waals surface area (Å²) in [7, 11) is 3.09. The predicted octanol–water partition coefficient (Wildman–Crippen LogP) is 3.56. The average molecular weight is 329 g/mol. The maximum absolute atomic E-state index is 12.4. The van der Waals surface area contributed by atoms with E-state index in [9.17, 15) is 4.79 Å². The van der Waals surface area contributed by atoms with Crippen molar-refractivity contribution in [2.75, 3.05) is 24.9 Å². The van der Waals surface area contributed by atoms with Crippen LogP contribution in [0, 0.1) is 0 Å². The van der Waals surface area contributed by atoms with E-state index in [1.807, 2.05) is 6.07 Å². The molecule has 24 heavy (non-hydrogen) atoms. The van der Waals surface area contributed by atoms with Gasteiger partial charge >= 0.3 is 0 Å². The minimum atomic E-state index is -0.276. The topological polar surface area (TPSA) is 72.5 Å². The zero-order valence-electron chi connectivity index (χ0n) is 14.4. The lowest BCUT2D eigenvalue weighted by Crippen LogP contribution is -2.15. The van der Waals surface area contributed by atoms with E-state index in [2.05, 4.69) is 29.5 Å². The molecule has 0 spiro atoms. The number of nitrogens with one attached hydrogen (secondary N) is 2. The van der Waals surface area contributed by atoms with E-state index >= 15 is 0 Å². The lowest BCUT2D eigenvalue weighted by molar-refractivity contribution is 0.102. The van der Waals surface area contributed by atoms with Gasteiger partial charge in [0.25, 0.3) is 5.91 Å². The van der Waals surface area contributed by atoms with Crippen LogP contribution in [0.3, 0.4) is 0 Å². The van der Waals surface area contributed by atoms with Crippen molar-refractivity contribution >= 4 is 17.4 Å². The maximum atomic E-state index is 12.4. The Morgan fingerprint density at radius 2 is 1.83 bits per heavy atom. The highest BCUT2D eigenvalue weighted by molar-refractivity contribution is 6.04. The highest BCUT2D eigenvalue weighted by atomic mass is 16.5. The van der Waals surface area contributed by atoms with Crippen molar-refractivity contribution in [3.8, 4) is 11.5 Å². The molecule has 0 radical (unpaired) electrons. The second-order valence-electron chi connectivity index (χ2n) is 5.44. The van der Waals surface area contributed by atoms with E-state index < -0.39 is 0 Å². The summed E-state index contributed by atoms with van der Waals surface area (Å²) in [5, 5.41) is 6.09. The molecular weight excluding hydrogens is 306 g/mol. The molecule has 128 valence electrons. The number of aromatic nitrogens is 1. The van der Waals surface area contributed by atoms with E-state index in [4.69, 9.17) is 9.47 Å². The number of carbonyl (C=O) groups excluding carboxylic acids is 1. The largest absolute Gasteiger partial charge is 0.497 e. The summed E-state index contributed by atoms with van der Waals surface area (Å²) in [6.07, 6.45) is 2.73. The quantitative estimate of drug-likeness (QED) is 0.812. The van der Waals surface area contributed by atoms with Gasteiger partial charge in [-0.3, -0.25) is 4.79 Å². The molecule has 1 aromatic carbocycles. The molecule has 6 heteroatoms. The minimum Gasteiger partial charge on any atom is -0.497 e. The van der Waals surface area contributed by atoms with Gasteiger partial charge in [0.2, 0.25) is 0 Å². The van der Waals surface area contributed by atoms with Crippen molar-refractivity contribution in [2.24, 2.45) is 0 Å². The van der Waals surface area contributed by atoms with E-state index in [0.717, 1.165) is 12.1 Å². The Labute approximate surface area is 142 Å². The third-order valence-corrected chi connectivity index (χ3v) is 3.64. The summed E-state index contributed by atoms with van der Waals surface area (Å²) in [6.45, 7) is 4.22. The van der Waals surface area contributed by atoms with E-state index in [1.165, 1.54) is 0 Å². The Balaban J connectivity index is 2.09. The van der Waals surface area contributed by atoms with E-state index in [-0.39, 0.29) is 5.91 Å². The van der Waals surface area contributed by atoms with Gasteiger partial charge < -0.3 is 20.1 Å². The number of nitrogens with zero attached hydrogens (tertiary/aromatic N) is 1. The Morgan fingerprint density at radius 3 is 2.33 bits per heavy atom. The number of benzene rings is 1. The number of hydrogen-bond donors (Lipinski definition) is 2. The fourth-order valence-electron chi connectivity index (χ4n) is 2.07. The second-order valence-corrected chi connectivity index (χ2v) is 5.44. The van der Waals surface area contributed by atoms with Crippen LogP contribution in [0.2, 0.25) is 0 Å². The van der Waals surface area contributed by atoms with Gasteiger partial charge in [-0.1, -0.05) is 6.92 Å². The van der Waals surface area contributed by atoms with Gasteiger partial charge in [0.05, 0.1) is 26.1 Å². The third kappa shape index (κ3) is 4.62. The average Bonchev–Trinajstić information content (AvgIpc) is 2.62. The molecule has 2 N–H and O–H groups in total. The zero-order chi connectivity index (χ0) is 17.5. The number of anilines is 2. The molecule has 2 aromatic rings. The minimum absolute atomic E-state index is 0.276. The van der Waals surface area contributed by atoms with Crippen molar-refractivity contribution in [2.45, 2.75) is 26.3 Å². The second kappa shape index (κ2) is 8.19. The molecule has 0 aliphatic rings. The van der Waals surface area contributed by atoms with Crippen LogP contribution in [0.25, 0.3) is 0 Å². The number of pyridine rings is 1. The fourth-order valence-corrected chi connectivity index (χ4v) is 2.07. The first-order valence-electron chi connectivity index (χ1n) is 7.82. The number of ether oxygens (including phenoxy) is 2. The molecule has 0 bridgehead atoms. The van der Waals surface area contributed by atoms with Crippen LogP contribution in [-0.2, 0) is 0 Å². The maximum Gasteiger partial charge on any atom is 0.257 e. The molecule has 1 heterocycles. The Morgan fingerprint density at radius 1 is 1.17 bits per heavy atom. The molecule has 1 amide bonds. The van der Waals surface area contributed by atoms with Crippen molar-refractivity contribution < 1.29 is 14.3 Å². The van der Waals surface area contributed by atoms with Crippen LogP contribution < -0.4 is 20.1 Å². The standard InChI is InChI=1S/C18H23N3O3/c1-5-12(2)20-14-6-7-17(19-11-14)21-18(22)13-8-15(23-3)10-16(9-13)24-4/h6-12,20H,5H2,1-4H3,(H,19,21,22). The van der Waals surface area contributed by atoms with Gasteiger partial charge in [0.1, 0.15) is 17.3 Å². The lowest BCUT2D eigenvalue weighted by Gasteiger charge is -2.13. The number of carbonyl (C=O) groups is 1. The number of methoxy groups -OCH3 is 2. The van der Waals surface area contributed by atoms with Gasteiger partial charge in [-0.2, -0.15) is 0 Å². The summed E-state index contributed by atoms with van der Waals surface area (Å²) in [4.78, 5) is 16.6. The van der Waals surface area contributed by atoms with Crippen LogP contribution in [0.5, 0.6) is 11.5 Å². The SMILES string of the molecule is CCC(C)Nc1ccc(NC(=O)c2cc(OC)cc(OC)c2)nc1. The molecule has 0 fully saturated rings. The monoisotopic (exact) mass is 329 g/mol. The molecule has 1 aromatic heterocycles. The number of amides is 1. The predicted molar refractivity (Wildman–Crippen MR) is 95.1 cm³/mol. The third-order valence-electron chi connectivity index (χ3n) is 3.64. The Bertz CT molecular complexity index is 664. The molecule has 0 aliphatic carbocycles. The summed E-state index contributed by atoms with van der Waals surface area (Å²) < 4.78 is 10.4. The highest BCUT2D eigenvalue weighted by Crippen LogP contribution is 2.23. The molecule has 1 unspecified atom stereocenters. The van der Waals surface area contributed by atoms with E-state index in [0.29, 0.717) is 28.9 Å². The van der Waals surface area contributed by atoms with Crippen LogP contribution in [0.4, 0.5) is 11.5 Å². The summed E-state index contributed by atoms with van der Waals surface area (Å²) in [6, 6.07) is 9.04. The van der Waals surface area contributed by atoms with Gasteiger partial charge in [-0.15, -0.1) is 0 Å². The molecule has 0 saturated heterocycles. The van der Waals surface area contributed by atoms with Gasteiger partial charge in [0, 0.05) is 17.7 Å². The van der Waals surface area contributed by atoms with Gasteiger partial charge in [-0.05, 0) is 37.6 Å². The van der Waals surface area contributed by atoms with Crippen LogP contribution in [0.1, 0.15) is 30.6 Å². The fraction of sp³-hybridized carbons (Fsp3) is 0.333. The number of rotatable bonds is 7. The molecule has 2 rings (SSSR count). The van der Waals surface area contributed by atoms with Crippen LogP contribution >= 0.6 is 0 Å². The molecule has 0 saturated carbocycles. The first kappa shape index (κ1) is 17.6. The molecular formula is C18H23N3O3. The van der Waals surface area contributed by atoms with Crippen molar-refractivity contribution in [3.05, 3.63) is 42.1 Å². The van der Waals surface area contributed by atoms with Crippen molar-refractivity contribution in [3.63, 3.8) is 0 Å². The normalized spacial score (nSPS) is 11.5. The highest BCUT2D eigenvalue weighted by Gasteiger charge is 2.11.